The number of benzene rings is 2. The van der Waals surface area contributed by atoms with E-state index >= 15 is 4.39 Å². The van der Waals surface area contributed by atoms with Crippen LogP contribution in [0.2, 0.25) is 0 Å². The van der Waals surface area contributed by atoms with Crippen molar-refractivity contribution in [3.8, 4) is 11.5 Å². The average molecular weight is 565 g/mol. The molecule has 3 fully saturated rings. The first-order chi connectivity index (χ1) is 19.2. The van der Waals surface area contributed by atoms with Crippen molar-refractivity contribution < 1.29 is 36.5 Å². The summed E-state index contributed by atoms with van der Waals surface area (Å²) >= 11 is 0. The normalized spacial score (nSPS) is 29.6. The summed E-state index contributed by atoms with van der Waals surface area (Å²) in [6.45, 7) is 5.53. The van der Waals surface area contributed by atoms with E-state index in [-0.39, 0.29) is 42.7 Å². The largest absolute Gasteiger partial charge is 0.491 e. The molecule has 4 nitrogen and oxygen atoms in total. The Morgan fingerprint density at radius 2 is 1.52 bits per heavy atom. The first-order valence-electron chi connectivity index (χ1n) is 14.7. The molecule has 0 unspecified atom stereocenters. The Morgan fingerprint density at radius 1 is 0.825 bits per heavy atom. The molecule has 0 bridgehead atoms. The van der Waals surface area contributed by atoms with Gasteiger partial charge in [0, 0.05) is 17.5 Å². The third-order valence-corrected chi connectivity index (χ3v) is 9.05. The molecule has 0 N–H and O–H groups in total. The fourth-order valence-electron chi connectivity index (χ4n) is 6.56. The van der Waals surface area contributed by atoms with E-state index in [9.17, 15) is 13.2 Å². The zero-order valence-electron chi connectivity index (χ0n) is 23.4. The fraction of sp³-hybridized carbons (Fsp3) is 0.625. The molecule has 3 aliphatic rings. The summed E-state index contributed by atoms with van der Waals surface area (Å²) in [5.41, 5.74) is 1.18. The first-order valence-corrected chi connectivity index (χ1v) is 14.7. The van der Waals surface area contributed by atoms with Crippen LogP contribution in [-0.2, 0) is 9.47 Å². The van der Waals surface area contributed by atoms with E-state index < -0.39 is 24.1 Å². The first kappa shape index (κ1) is 29.2. The second kappa shape index (κ2) is 12.7. The van der Waals surface area contributed by atoms with Crippen molar-refractivity contribution in [1.29, 1.82) is 0 Å². The van der Waals surface area contributed by atoms with E-state index in [1.54, 1.807) is 13.0 Å². The van der Waals surface area contributed by atoms with Gasteiger partial charge in [-0.15, -0.1) is 0 Å². The Labute approximate surface area is 234 Å². The van der Waals surface area contributed by atoms with E-state index in [1.807, 2.05) is 6.07 Å². The topological polar surface area (TPSA) is 36.9 Å². The molecule has 0 spiro atoms. The highest BCUT2D eigenvalue weighted by atomic mass is 19.3. The maximum Gasteiger partial charge on any atom is 0.400 e. The molecule has 0 radical (unpaired) electrons. The lowest BCUT2D eigenvalue weighted by molar-refractivity contribution is -0.222. The summed E-state index contributed by atoms with van der Waals surface area (Å²) in [5.74, 6) is -0.741. The zero-order valence-corrected chi connectivity index (χ0v) is 23.4. The van der Waals surface area contributed by atoms with Crippen molar-refractivity contribution >= 4 is 0 Å². The average Bonchev–Trinajstić information content (AvgIpc) is 2.95. The van der Waals surface area contributed by atoms with Gasteiger partial charge in [0.25, 0.3) is 0 Å². The van der Waals surface area contributed by atoms with Gasteiger partial charge in [-0.1, -0.05) is 31.9 Å². The molecule has 2 saturated carbocycles. The second-order valence-corrected chi connectivity index (χ2v) is 11.8. The third-order valence-electron chi connectivity index (χ3n) is 9.05. The standard InChI is InChI=1S/C32H40F4O4/c1-3-37-30-15-13-26(17-29(30)34)40-32(35,36)25-11-8-22(9-12-25)27-14-10-23(16-28(27)33)31-38-18-24(19-39-31)21-6-4-20(2)5-7-21/h10,13-17,20-22,24-25,31H,3-9,11-12,18-19H2,1-2H3. The lowest BCUT2D eigenvalue weighted by atomic mass is 9.76. The minimum atomic E-state index is -3.46. The van der Waals surface area contributed by atoms with Crippen molar-refractivity contribution in [2.75, 3.05) is 19.8 Å². The predicted molar refractivity (Wildman–Crippen MR) is 143 cm³/mol. The molecular formula is C32H40F4O4. The van der Waals surface area contributed by atoms with E-state index in [1.165, 1.54) is 43.9 Å². The molecule has 2 aliphatic carbocycles. The Bertz CT molecular complexity index is 1120. The molecule has 1 saturated heterocycles. The molecule has 8 heteroatoms. The molecule has 2 aromatic rings. The van der Waals surface area contributed by atoms with Crippen LogP contribution in [-0.4, -0.2) is 25.9 Å². The second-order valence-electron chi connectivity index (χ2n) is 11.8. The number of hydrogen-bond donors (Lipinski definition) is 0. The molecule has 5 rings (SSSR count). The van der Waals surface area contributed by atoms with Gasteiger partial charge >= 0.3 is 6.11 Å². The molecular weight excluding hydrogens is 524 g/mol. The Morgan fingerprint density at radius 3 is 2.15 bits per heavy atom. The summed E-state index contributed by atoms with van der Waals surface area (Å²) < 4.78 is 81.2. The molecule has 220 valence electrons. The molecule has 0 atom stereocenters. The maximum absolute atomic E-state index is 15.2. The van der Waals surface area contributed by atoms with E-state index in [0.717, 1.165) is 12.0 Å². The molecule has 0 amide bonds. The van der Waals surface area contributed by atoms with Gasteiger partial charge < -0.3 is 18.9 Å². The monoisotopic (exact) mass is 564 g/mol. The number of hydrogen-bond acceptors (Lipinski definition) is 4. The van der Waals surface area contributed by atoms with Crippen LogP contribution in [0.3, 0.4) is 0 Å². The van der Waals surface area contributed by atoms with Crippen LogP contribution in [0, 0.1) is 35.3 Å². The van der Waals surface area contributed by atoms with Crippen LogP contribution < -0.4 is 9.47 Å². The van der Waals surface area contributed by atoms with Gasteiger partial charge in [-0.2, -0.15) is 8.78 Å². The van der Waals surface area contributed by atoms with Gasteiger partial charge in [0.2, 0.25) is 0 Å². The highest BCUT2D eigenvalue weighted by Crippen LogP contribution is 2.44. The van der Waals surface area contributed by atoms with Crippen molar-refractivity contribution in [1.82, 2.24) is 0 Å². The van der Waals surface area contributed by atoms with Crippen molar-refractivity contribution in [3.63, 3.8) is 0 Å². The Hall–Kier alpha value is -2.32. The van der Waals surface area contributed by atoms with Crippen LogP contribution in [0.1, 0.15) is 88.5 Å². The molecule has 1 heterocycles. The predicted octanol–water partition coefficient (Wildman–Crippen LogP) is 8.80. The summed E-state index contributed by atoms with van der Waals surface area (Å²) in [6, 6.07) is 8.52. The SMILES string of the molecule is CCOc1ccc(OC(F)(F)C2CCC(c3ccc(C4OCC(C5CCC(C)CC5)CO4)cc3F)CC2)cc1F. The number of rotatable bonds is 8. The van der Waals surface area contributed by atoms with Crippen LogP contribution in [0.5, 0.6) is 11.5 Å². The third kappa shape index (κ3) is 6.76. The summed E-state index contributed by atoms with van der Waals surface area (Å²) in [7, 11) is 0. The van der Waals surface area contributed by atoms with Crippen LogP contribution in [0.15, 0.2) is 36.4 Å². The Balaban J connectivity index is 1.13. The van der Waals surface area contributed by atoms with Crippen molar-refractivity contribution in [2.45, 2.75) is 83.5 Å². The maximum atomic E-state index is 15.2. The van der Waals surface area contributed by atoms with Crippen LogP contribution >= 0.6 is 0 Å². The highest BCUT2D eigenvalue weighted by molar-refractivity contribution is 5.33. The number of ether oxygens (including phenoxy) is 4. The van der Waals surface area contributed by atoms with E-state index in [0.29, 0.717) is 49.0 Å². The Kier molecular flexibility index (Phi) is 9.25. The van der Waals surface area contributed by atoms with Gasteiger partial charge in [-0.3, -0.25) is 0 Å². The lowest BCUT2D eigenvalue weighted by Crippen LogP contribution is -2.37. The smallest absolute Gasteiger partial charge is 0.400 e. The van der Waals surface area contributed by atoms with Crippen molar-refractivity contribution in [3.05, 3.63) is 59.2 Å². The van der Waals surface area contributed by atoms with Crippen LogP contribution in [0.25, 0.3) is 0 Å². The van der Waals surface area contributed by atoms with Gasteiger partial charge in [-0.05, 0) is 87.0 Å². The quantitative estimate of drug-likeness (QED) is 0.300. The molecule has 0 aromatic heterocycles. The highest BCUT2D eigenvalue weighted by Gasteiger charge is 2.44. The van der Waals surface area contributed by atoms with Gasteiger partial charge in [-0.25, -0.2) is 8.78 Å². The zero-order chi connectivity index (χ0) is 28.3. The number of alkyl halides is 2. The fourth-order valence-corrected chi connectivity index (χ4v) is 6.56. The summed E-state index contributed by atoms with van der Waals surface area (Å²) in [6.07, 6.45) is 2.07. The molecule has 2 aromatic carbocycles. The van der Waals surface area contributed by atoms with Gasteiger partial charge in [0.1, 0.15) is 11.6 Å². The van der Waals surface area contributed by atoms with Gasteiger partial charge in [0.15, 0.2) is 17.9 Å². The minimum Gasteiger partial charge on any atom is -0.491 e. The molecule has 1 aliphatic heterocycles. The van der Waals surface area contributed by atoms with E-state index in [4.69, 9.17) is 18.9 Å². The lowest BCUT2D eigenvalue weighted by Gasteiger charge is -2.37. The van der Waals surface area contributed by atoms with Crippen LogP contribution in [0.4, 0.5) is 17.6 Å². The van der Waals surface area contributed by atoms with Gasteiger partial charge in [0.05, 0.1) is 25.7 Å². The van der Waals surface area contributed by atoms with E-state index in [2.05, 4.69) is 6.92 Å². The van der Waals surface area contributed by atoms with Crippen molar-refractivity contribution in [2.24, 2.45) is 23.7 Å². The summed E-state index contributed by atoms with van der Waals surface area (Å²) in [5, 5.41) is 0. The summed E-state index contributed by atoms with van der Waals surface area (Å²) in [4.78, 5) is 0. The molecule has 40 heavy (non-hydrogen) atoms. The number of halogens is 4. The minimum absolute atomic E-state index is 0.00772.